The molecule has 1 aromatic carbocycles. The summed E-state index contributed by atoms with van der Waals surface area (Å²) in [5, 5.41) is 6.05. The van der Waals surface area contributed by atoms with E-state index in [-0.39, 0.29) is 11.8 Å². The first-order chi connectivity index (χ1) is 8.06. The van der Waals surface area contributed by atoms with Crippen LogP contribution in [0.2, 0.25) is 5.02 Å². The van der Waals surface area contributed by atoms with Crippen LogP contribution in [0.25, 0.3) is 0 Å². The molecule has 1 atom stereocenters. The topological polar surface area (TPSA) is 58.2 Å². The molecule has 0 radical (unpaired) electrons. The summed E-state index contributed by atoms with van der Waals surface area (Å²) in [5.74, 6) is -0.251. The smallest absolute Gasteiger partial charge is 0.246 e. The molecule has 0 saturated carbocycles. The summed E-state index contributed by atoms with van der Waals surface area (Å²) in [6.07, 6.45) is 0.967. The molecule has 1 heterocycles. The molecule has 0 unspecified atom stereocenters. The number of carbonyl (C=O) groups excluding carboxylic acids is 2. The second-order valence-corrected chi connectivity index (χ2v) is 4.54. The normalized spacial score (nSPS) is 18.9. The van der Waals surface area contributed by atoms with Crippen molar-refractivity contribution in [2.24, 2.45) is 0 Å². The molecular formula is C12H13ClN2O2. The molecule has 4 nitrogen and oxygen atoms in total. The minimum atomic E-state index is -0.419. The molecule has 0 aliphatic carbocycles. The lowest BCUT2D eigenvalue weighted by molar-refractivity contribution is -0.122. The molecule has 2 N–H and O–H groups in total. The van der Waals surface area contributed by atoms with Crippen LogP contribution in [0.5, 0.6) is 0 Å². The fraction of sp³-hybridized carbons (Fsp3) is 0.333. The number of rotatable bonds is 2. The number of anilines is 1. The van der Waals surface area contributed by atoms with E-state index in [4.69, 9.17) is 11.6 Å². The van der Waals surface area contributed by atoms with Crippen LogP contribution in [0.4, 0.5) is 5.69 Å². The van der Waals surface area contributed by atoms with Crippen molar-refractivity contribution in [2.75, 3.05) is 5.32 Å². The van der Waals surface area contributed by atoms with E-state index in [1.54, 1.807) is 18.2 Å². The Morgan fingerprint density at radius 2 is 2.29 bits per heavy atom. The van der Waals surface area contributed by atoms with Gasteiger partial charge in [0.25, 0.3) is 0 Å². The average molecular weight is 253 g/mol. The summed E-state index contributed by atoms with van der Waals surface area (Å²) in [4.78, 5) is 22.9. The van der Waals surface area contributed by atoms with Crippen LogP contribution >= 0.6 is 11.6 Å². The third kappa shape index (κ3) is 2.77. The predicted octanol–water partition coefficient (Wildman–Crippen LogP) is 1.87. The van der Waals surface area contributed by atoms with Gasteiger partial charge in [0.1, 0.15) is 6.04 Å². The lowest BCUT2D eigenvalue weighted by Crippen LogP contribution is -2.37. The Kier molecular flexibility index (Phi) is 3.33. The highest BCUT2D eigenvalue weighted by atomic mass is 35.5. The van der Waals surface area contributed by atoms with Crippen LogP contribution in [-0.2, 0) is 9.59 Å². The molecule has 1 aliphatic heterocycles. The van der Waals surface area contributed by atoms with Gasteiger partial charge in [0.15, 0.2) is 0 Å². The van der Waals surface area contributed by atoms with E-state index in [9.17, 15) is 9.59 Å². The van der Waals surface area contributed by atoms with E-state index in [2.05, 4.69) is 10.6 Å². The van der Waals surface area contributed by atoms with Crippen LogP contribution in [0.1, 0.15) is 18.4 Å². The highest BCUT2D eigenvalue weighted by molar-refractivity contribution is 6.30. The molecule has 0 spiro atoms. The van der Waals surface area contributed by atoms with Crippen LogP contribution in [0.3, 0.4) is 0 Å². The van der Waals surface area contributed by atoms with Gasteiger partial charge in [0, 0.05) is 17.1 Å². The van der Waals surface area contributed by atoms with Crippen LogP contribution in [0, 0.1) is 6.92 Å². The van der Waals surface area contributed by atoms with Crippen molar-refractivity contribution >= 4 is 29.1 Å². The van der Waals surface area contributed by atoms with E-state index in [1.165, 1.54) is 0 Å². The van der Waals surface area contributed by atoms with Crippen LogP contribution in [0.15, 0.2) is 18.2 Å². The molecule has 2 rings (SSSR count). The molecule has 17 heavy (non-hydrogen) atoms. The second kappa shape index (κ2) is 4.75. The Labute approximate surface area is 104 Å². The minimum Gasteiger partial charge on any atom is -0.344 e. The molecule has 0 aromatic heterocycles. The highest BCUT2D eigenvalue weighted by Crippen LogP contribution is 2.20. The summed E-state index contributed by atoms with van der Waals surface area (Å²) in [6, 6.07) is 4.84. The molecule has 2 amide bonds. The molecule has 90 valence electrons. The second-order valence-electron chi connectivity index (χ2n) is 4.11. The SMILES string of the molecule is Cc1cc(Cl)ccc1NC(=O)[C@@H]1CCC(=O)N1. The number of carbonyl (C=O) groups is 2. The maximum atomic E-state index is 11.8. The maximum Gasteiger partial charge on any atom is 0.246 e. The standard InChI is InChI=1S/C12H13ClN2O2/c1-7-6-8(13)2-3-9(7)15-12(17)10-4-5-11(16)14-10/h2-3,6,10H,4-5H2,1H3,(H,14,16)(H,15,17)/t10-/m0/s1. The van der Waals surface area contributed by atoms with Crippen molar-refractivity contribution < 1.29 is 9.59 Å². The van der Waals surface area contributed by atoms with Gasteiger partial charge in [0.2, 0.25) is 11.8 Å². The van der Waals surface area contributed by atoms with Crippen molar-refractivity contribution in [1.82, 2.24) is 5.32 Å². The van der Waals surface area contributed by atoms with Gasteiger partial charge >= 0.3 is 0 Å². The van der Waals surface area contributed by atoms with Crippen LogP contribution in [-0.4, -0.2) is 17.9 Å². The van der Waals surface area contributed by atoms with Gasteiger partial charge in [-0.15, -0.1) is 0 Å². The largest absolute Gasteiger partial charge is 0.344 e. The zero-order chi connectivity index (χ0) is 12.4. The predicted molar refractivity (Wildman–Crippen MR) is 66.0 cm³/mol. The summed E-state index contributed by atoms with van der Waals surface area (Å²) in [6.45, 7) is 1.87. The fourth-order valence-electron chi connectivity index (χ4n) is 1.80. The van der Waals surface area contributed by atoms with Crippen molar-refractivity contribution in [1.29, 1.82) is 0 Å². The first-order valence-electron chi connectivity index (χ1n) is 5.42. The molecule has 5 heteroatoms. The number of hydrogen-bond donors (Lipinski definition) is 2. The van der Waals surface area contributed by atoms with E-state index < -0.39 is 6.04 Å². The molecule has 1 aromatic rings. The fourth-order valence-corrected chi connectivity index (χ4v) is 2.02. The summed E-state index contributed by atoms with van der Waals surface area (Å²) < 4.78 is 0. The van der Waals surface area contributed by atoms with Gasteiger partial charge in [-0.1, -0.05) is 11.6 Å². The van der Waals surface area contributed by atoms with E-state index in [0.29, 0.717) is 17.9 Å². The number of halogens is 1. The monoisotopic (exact) mass is 252 g/mol. The molecular weight excluding hydrogens is 240 g/mol. The van der Waals surface area contributed by atoms with Crippen LogP contribution < -0.4 is 10.6 Å². The average Bonchev–Trinajstić information content (AvgIpc) is 2.69. The van der Waals surface area contributed by atoms with Crippen molar-refractivity contribution in [3.63, 3.8) is 0 Å². The van der Waals surface area contributed by atoms with E-state index >= 15 is 0 Å². The summed E-state index contributed by atoms with van der Waals surface area (Å²) in [5.41, 5.74) is 1.62. The van der Waals surface area contributed by atoms with Gasteiger partial charge in [-0.2, -0.15) is 0 Å². The number of nitrogens with one attached hydrogen (secondary N) is 2. The van der Waals surface area contributed by atoms with Gasteiger partial charge in [-0.05, 0) is 37.1 Å². The zero-order valence-corrected chi connectivity index (χ0v) is 10.2. The molecule has 0 bridgehead atoms. The highest BCUT2D eigenvalue weighted by Gasteiger charge is 2.27. The summed E-state index contributed by atoms with van der Waals surface area (Å²) in [7, 11) is 0. The first kappa shape index (κ1) is 11.9. The number of hydrogen-bond acceptors (Lipinski definition) is 2. The Morgan fingerprint density at radius 1 is 1.53 bits per heavy atom. The van der Waals surface area contributed by atoms with Gasteiger partial charge in [0.05, 0.1) is 0 Å². The number of aryl methyl sites for hydroxylation is 1. The van der Waals surface area contributed by atoms with E-state index in [0.717, 1.165) is 11.3 Å². The maximum absolute atomic E-state index is 11.8. The molecule has 1 saturated heterocycles. The number of amides is 2. The van der Waals surface area contributed by atoms with Gasteiger partial charge in [-0.25, -0.2) is 0 Å². The third-order valence-corrected chi connectivity index (χ3v) is 2.99. The lowest BCUT2D eigenvalue weighted by atomic mass is 10.1. The van der Waals surface area contributed by atoms with Gasteiger partial charge < -0.3 is 10.6 Å². The third-order valence-electron chi connectivity index (χ3n) is 2.76. The lowest BCUT2D eigenvalue weighted by Gasteiger charge is -2.12. The van der Waals surface area contributed by atoms with E-state index in [1.807, 2.05) is 6.92 Å². The molecule has 1 aliphatic rings. The van der Waals surface area contributed by atoms with Crippen molar-refractivity contribution in [3.8, 4) is 0 Å². The zero-order valence-electron chi connectivity index (χ0n) is 9.42. The Balaban J connectivity index is 2.05. The molecule has 1 fully saturated rings. The van der Waals surface area contributed by atoms with Crippen molar-refractivity contribution in [3.05, 3.63) is 28.8 Å². The minimum absolute atomic E-state index is 0.0713. The first-order valence-corrected chi connectivity index (χ1v) is 5.80. The van der Waals surface area contributed by atoms with Gasteiger partial charge in [-0.3, -0.25) is 9.59 Å². The Hall–Kier alpha value is -1.55. The Morgan fingerprint density at radius 3 is 2.88 bits per heavy atom. The van der Waals surface area contributed by atoms with Crippen molar-refractivity contribution in [2.45, 2.75) is 25.8 Å². The Bertz CT molecular complexity index is 474. The summed E-state index contributed by atoms with van der Waals surface area (Å²) >= 11 is 5.83. The number of benzene rings is 1. The quantitative estimate of drug-likeness (QED) is 0.844.